The molecule has 0 radical (unpaired) electrons. The van der Waals surface area contributed by atoms with Gasteiger partial charge in [-0.05, 0) is 25.2 Å². The lowest BCUT2D eigenvalue weighted by atomic mass is 10.1. The molecule has 0 saturated carbocycles. The van der Waals surface area contributed by atoms with Crippen LogP contribution in [-0.4, -0.2) is 7.05 Å². The number of hydrogen-bond donors (Lipinski definition) is 1. The highest BCUT2D eigenvalue weighted by molar-refractivity contribution is 9.10. The Bertz CT molecular complexity index is 346. The minimum atomic E-state index is -0.600. The van der Waals surface area contributed by atoms with E-state index in [-0.39, 0.29) is 5.82 Å². The van der Waals surface area contributed by atoms with Crippen molar-refractivity contribution in [1.82, 2.24) is 5.32 Å². The van der Waals surface area contributed by atoms with Gasteiger partial charge in [0.25, 0.3) is 0 Å². The minimum Gasteiger partial charge on any atom is -0.301 e. The van der Waals surface area contributed by atoms with Gasteiger partial charge in [0, 0.05) is 10.0 Å². The summed E-state index contributed by atoms with van der Waals surface area (Å²) < 4.78 is 13.9. The molecule has 1 rings (SSSR count). The molecule has 13 heavy (non-hydrogen) atoms. The van der Waals surface area contributed by atoms with Crippen molar-refractivity contribution >= 4 is 15.9 Å². The van der Waals surface area contributed by atoms with Crippen molar-refractivity contribution < 1.29 is 4.39 Å². The second-order valence-electron chi connectivity index (χ2n) is 2.52. The van der Waals surface area contributed by atoms with Crippen molar-refractivity contribution in [3.63, 3.8) is 0 Å². The van der Waals surface area contributed by atoms with Gasteiger partial charge in [0.1, 0.15) is 11.9 Å². The first-order valence-corrected chi connectivity index (χ1v) is 4.50. The predicted molar refractivity (Wildman–Crippen MR) is 51.5 cm³/mol. The van der Waals surface area contributed by atoms with E-state index in [1.807, 2.05) is 6.07 Å². The minimum absolute atomic E-state index is 0.361. The third-order valence-electron chi connectivity index (χ3n) is 1.69. The summed E-state index contributed by atoms with van der Waals surface area (Å²) in [5.74, 6) is -0.371. The Labute approximate surface area is 84.5 Å². The summed E-state index contributed by atoms with van der Waals surface area (Å²) in [5.41, 5.74) is 0.361. The van der Waals surface area contributed by atoms with Crippen LogP contribution in [0.1, 0.15) is 11.6 Å². The van der Waals surface area contributed by atoms with Crippen molar-refractivity contribution in [2.45, 2.75) is 6.04 Å². The van der Waals surface area contributed by atoms with E-state index in [9.17, 15) is 4.39 Å². The monoisotopic (exact) mass is 242 g/mol. The van der Waals surface area contributed by atoms with E-state index in [1.54, 1.807) is 19.2 Å². The van der Waals surface area contributed by atoms with Gasteiger partial charge in [-0.3, -0.25) is 0 Å². The first-order chi connectivity index (χ1) is 6.19. The second-order valence-corrected chi connectivity index (χ2v) is 3.43. The molecule has 0 aliphatic heterocycles. The van der Waals surface area contributed by atoms with E-state index < -0.39 is 6.04 Å². The summed E-state index contributed by atoms with van der Waals surface area (Å²) in [7, 11) is 1.62. The van der Waals surface area contributed by atoms with Gasteiger partial charge in [0.15, 0.2) is 0 Å². The Morgan fingerprint density at radius 3 is 2.85 bits per heavy atom. The number of nitrogens with zero attached hydrogens (tertiary/aromatic N) is 1. The summed E-state index contributed by atoms with van der Waals surface area (Å²) in [6, 6.07) is 5.90. The van der Waals surface area contributed by atoms with Crippen molar-refractivity contribution in [3.05, 3.63) is 34.1 Å². The average molecular weight is 243 g/mol. The fourth-order valence-electron chi connectivity index (χ4n) is 1.03. The zero-order valence-electron chi connectivity index (χ0n) is 7.01. The van der Waals surface area contributed by atoms with Gasteiger partial charge in [-0.15, -0.1) is 0 Å². The maximum absolute atomic E-state index is 13.2. The van der Waals surface area contributed by atoms with Crippen molar-refractivity contribution in [3.8, 4) is 6.07 Å². The quantitative estimate of drug-likeness (QED) is 0.865. The van der Waals surface area contributed by atoms with Crippen LogP contribution in [0.4, 0.5) is 4.39 Å². The average Bonchev–Trinajstić information content (AvgIpc) is 2.13. The van der Waals surface area contributed by atoms with E-state index in [2.05, 4.69) is 21.2 Å². The largest absolute Gasteiger partial charge is 0.301 e. The number of nitrogens with one attached hydrogen (secondary N) is 1. The maximum atomic E-state index is 13.2. The molecule has 0 spiro atoms. The molecule has 68 valence electrons. The highest BCUT2D eigenvalue weighted by atomic mass is 79.9. The second kappa shape index (κ2) is 4.35. The molecule has 0 saturated heterocycles. The Morgan fingerprint density at radius 1 is 1.62 bits per heavy atom. The Balaban J connectivity index is 3.13. The van der Waals surface area contributed by atoms with Gasteiger partial charge in [-0.2, -0.15) is 5.26 Å². The van der Waals surface area contributed by atoms with Crippen LogP contribution in [-0.2, 0) is 0 Å². The highest BCUT2D eigenvalue weighted by Gasteiger charge is 2.12. The predicted octanol–water partition coefficient (Wildman–Crippen LogP) is 2.37. The summed E-state index contributed by atoms with van der Waals surface area (Å²) in [4.78, 5) is 0. The molecule has 0 aromatic heterocycles. The van der Waals surface area contributed by atoms with Gasteiger partial charge in [0.2, 0.25) is 0 Å². The van der Waals surface area contributed by atoms with Crippen molar-refractivity contribution in [1.29, 1.82) is 5.26 Å². The molecular weight excluding hydrogens is 235 g/mol. The number of halogens is 2. The third kappa shape index (κ3) is 2.27. The van der Waals surface area contributed by atoms with Crippen LogP contribution >= 0.6 is 15.9 Å². The molecule has 0 bridgehead atoms. The normalized spacial score (nSPS) is 12.2. The fraction of sp³-hybridized carbons (Fsp3) is 0.222. The van der Waals surface area contributed by atoms with Gasteiger partial charge in [-0.1, -0.05) is 15.9 Å². The van der Waals surface area contributed by atoms with Crippen LogP contribution in [0.2, 0.25) is 0 Å². The SMILES string of the molecule is CN[C@H](C#N)c1cc(Br)ccc1F. The highest BCUT2D eigenvalue weighted by Crippen LogP contribution is 2.20. The molecule has 0 unspecified atom stereocenters. The molecule has 2 nitrogen and oxygen atoms in total. The molecule has 1 aromatic rings. The Kier molecular flexibility index (Phi) is 3.40. The molecule has 4 heteroatoms. The number of nitriles is 1. The van der Waals surface area contributed by atoms with Crippen molar-refractivity contribution in [2.24, 2.45) is 0 Å². The van der Waals surface area contributed by atoms with Gasteiger partial charge >= 0.3 is 0 Å². The molecule has 0 aliphatic carbocycles. The van der Waals surface area contributed by atoms with Crippen LogP contribution in [0, 0.1) is 17.1 Å². The zero-order valence-corrected chi connectivity index (χ0v) is 8.60. The molecule has 0 amide bonds. The molecule has 0 aliphatic rings. The molecule has 1 atom stereocenters. The lowest BCUT2D eigenvalue weighted by Crippen LogP contribution is -2.15. The van der Waals surface area contributed by atoms with Crippen LogP contribution in [0.3, 0.4) is 0 Å². The zero-order chi connectivity index (χ0) is 9.84. The van der Waals surface area contributed by atoms with Gasteiger partial charge in [0.05, 0.1) is 6.07 Å². The third-order valence-corrected chi connectivity index (χ3v) is 2.18. The Hall–Kier alpha value is -0.920. The summed E-state index contributed by atoms with van der Waals surface area (Å²) in [5, 5.41) is 11.4. The fourth-order valence-corrected chi connectivity index (χ4v) is 1.40. The van der Waals surface area contributed by atoms with Crippen LogP contribution in [0.5, 0.6) is 0 Å². The lowest BCUT2D eigenvalue weighted by Gasteiger charge is -2.08. The van der Waals surface area contributed by atoms with E-state index in [0.717, 1.165) is 4.47 Å². The van der Waals surface area contributed by atoms with E-state index in [1.165, 1.54) is 6.07 Å². The van der Waals surface area contributed by atoms with Crippen molar-refractivity contribution in [2.75, 3.05) is 7.05 Å². The Morgan fingerprint density at radius 2 is 2.31 bits per heavy atom. The van der Waals surface area contributed by atoms with Gasteiger partial charge in [-0.25, -0.2) is 4.39 Å². The summed E-state index contributed by atoms with van der Waals surface area (Å²) in [6.45, 7) is 0. The van der Waals surface area contributed by atoms with E-state index in [0.29, 0.717) is 5.56 Å². The molecule has 1 N–H and O–H groups in total. The first kappa shape index (κ1) is 10.2. The molecule has 0 fully saturated rings. The maximum Gasteiger partial charge on any atom is 0.129 e. The van der Waals surface area contributed by atoms with E-state index >= 15 is 0 Å². The lowest BCUT2D eigenvalue weighted by molar-refractivity contribution is 0.585. The summed E-state index contributed by atoms with van der Waals surface area (Å²) >= 11 is 3.22. The smallest absolute Gasteiger partial charge is 0.129 e. The molecule has 0 heterocycles. The standard InChI is InChI=1S/C9H8BrFN2/c1-13-9(5-12)7-4-6(10)2-3-8(7)11/h2-4,9,13H,1H3/t9-/m1/s1. The van der Waals surface area contributed by atoms with E-state index in [4.69, 9.17) is 5.26 Å². The number of hydrogen-bond acceptors (Lipinski definition) is 2. The van der Waals surface area contributed by atoms with Crippen LogP contribution in [0.25, 0.3) is 0 Å². The first-order valence-electron chi connectivity index (χ1n) is 3.71. The van der Waals surface area contributed by atoms with Crippen LogP contribution < -0.4 is 5.32 Å². The molecule has 1 aromatic carbocycles. The number of rotatable bonds is 2. The topological polar surface area (TPSA) is 35.8 Å². The summed E-state index contributed by atoms with van der Waals surface area (Å²) in [6.07, 6.45) is 0. The number of benzene rings is 1. The van der Waals surface area contributed by atoms with Gasteiger partial charge < -0.3 is 5.32 Å². The molecular formula is C9H8BrFN2. The van der Waals surface area contributed by atoms with Crippen LogP contribution in [0.15, 0.2) is 22.7 Å².